The van der Waals surface area contributed by atoms with E-state index < -0.39 is 0 Å². The van der Waals surface area contributed by atoms with Gasteiger partial charge in [0.1, 0.15) is 5.82 Å². The minimum absolute atomic E-state index is 0.300. The van der Waals surface area contributed by atoms with Crippen molar-refractivity contribution in [3.63, 3.8) is 0 Å². The maximum atomic E-state index is 12.6. The maximum Gasteiger partial charge on any atom is 0.125 e. The van der Waals surface area contributed by atoms with Crippen molar-refractivity contribution in [3.05, 3.63) is 101 Å². The number of rotatable bonds is 3. The van der Waals surface area contributed by atoms with Crippen molar-refractivity contribution in [2.24, 2.45) is 0 Å². The monoisotopic (exact) mass is 368 g/mol. The largest absolute Gasteiger partial charge is 0.398 e. The van der Waals surface area contributed by atoms with Crippen LogP contribution in [0.25, 0.3) is 5.57 Å². The van der Waals surface area contributed by atoms with E-state index >= 15 is 0 Å². The number of nitrogens with two attached hydrogens (primary N) is 1. The molecule has 0 spiro atoms. The third-order valence-corrected chi connectivity index (χ3v) is 4.21. The normalized spacial score (nSPS) is 9.85. The summed E-state index contributed by atoms with van der Waals surface area (Å²) in [7, 11) is 1.76. The fraction of sp³-hybridized carbons (Fsp3) is 0.0909. The standard InChI is InChI=1S/C14H13N.C8H9ClFN/c1-11(12-7-3-2-4-8-12)13-9-5-6-10-14(13)15;1-5-3-6(10)4-7(9)8(5)11-2/h2-10H,1,15H2;3-4,11H,1-2H3. The van der Waals surface area contributed by atoms with Crippen LogP contribution in [0.15, 0.2) is 73.3 Å². The summed E-state index contributed by atoms with van der Waals surface area (Å²) in [6, 6.07) is 20.6. The molecular weight excluding hydrogens is 347 g/mol. The zero-order valence-corrected chi connectivity index (χ0v) is 15.6. The Hall–Kier alpha value is -2.78. The summed E-state index contributed by atoms with van der Waals surface area (Å²) in [4.78, 5) is 0. The zero-order valence-electron chi connectivity index (χ0n) is 14.9. The van der Waals surface area contributed by atoms with Gasteiger partial charge in [-0.25, -0.2) is 4.39 Å². The average molecular weight is 369 g/mol. The summed E-state index contributed by atoms with van der Waals surface area (Å²) in [5.74, 6) is -0.300. The van der Waals surface area contributed by atoms with Crippen molar-refractivity contribution in [3.8, 4) is 0 Å². The van der Waals surface area contributed by atoms with Crippen LogP contribution in [-0.4, -0.2) is 7.05 Å². The molecule has 0 fully saturated rings. The highest BCUT2D eigenvalue weighted by Gasteiger charge is 2.04. The molecule has 3 N–H and O–H groups in total. The van der Waals surface area contributed by atoms with E-state index in [0.29, 0.717) is 5.02 Å². The summed E-state index contributed by atoms with van der Waals surface area (Å²) in [5, 5.41) is 3.31. The van der Waals surface area contributed by atoms with Crippen LogP contribution >= 0.6 is 11.6 Å². The third-order valence-electron chi connectivity index (χ3n) is 3.91. The van der Waals surface area contributed by atoms with Crippen LogP contribution in [0.3, 0.4) is 0 Å². The molecule has 26 heavy (non-hydrogen) atoms. The van der Waals surface area contributed by atoms with Crippen LogP contribution < -0.4 is 11.1 Å². The van der Waals surface area contributed by atoms with Crippen molar-refractivity contribution in [1.82, 2.24) is 0 Å². The average Bonchev–Trinajstić information content (AvgIpc) is 2.62. The maximum absolute atomic E-state index is 12.6. The van der Waals surface area contributed by atoms with Crippen molar-refractivity contribution >= 4 is 28.5 Å². The highest BCUT2D eigenvalue weighted by atomic mass is 35.5. The molecule has 4 heteroatoms. The third kappa shape index (κ3) is 4.87. The second kappa shape index (κ2) is 9.07. The Morgan fingerprint density at radius 1 is 1.04 bits per heavy atom. The molecule has 0 radical (unpaired) electrons. The van der Waals surface area contributed by atoms with E-state index in [1.807, 2.05) is 54.6 Å². The molecule has 0 heterocycles. The predicted octanol–water partition coefficient (Wildman–Crippen LogP) is 6.16. The van der Waals surface area contributed by atoms with Gasteiger partial charge in [-0.3, -0.25) is 0 Å². The first-order valence-electron chi connectivity index (χ1n) is 8.16. The number of halogens is 2. The number of aryl methyl sites for hydroxylation is 1. The summed E-state index contributed by atoms with van der Waals surface area (Å²) in [5.41, 5.74) is 11.3. The minimum atomic E-state index is -0.300. The quantitative estimate of drug-likeness (QED) is 0.543. The van der Waals surface area contributed by atoms with Gasteiger partial charge in [-0.2, -0.15) is 0 Å². The molecule has 0 bridgehead atoms. The van der Waals surface area contributed by atoms with Crippen LogP contribution in [0, 0.1) is 12.7 Å². The first-order chi connectivity index (χ1) is 12.4. The molecule has 134 valence electrons. The lowest BCUT2D eigenvalue weighted by Crippen LogP contribution is -1.93. The first-order valence-corrected chi connectivity index (χ1v) is 8.54. The van der Waals surface area contributed by atoms with E-state index in [2.05, 4.69) is 11.9 Å². The van der Waals surface area contributed by atoms with E-state index in [4.69, 9.17) is 17.3 Å². The van der Waals surface area contributed by atoms with Crippen LogP contribution in [0.4, 0.5) is 15.8 Å². The number of hydrogen-bond donors (Lipinski definition) is 2. The Morgan fingerprint density at radius 3 is 2.23 bits per heavy atom. The van der Waals surface area contributed by atoms with Gasteiger partial charge in [0.25, 0.3) is 0 Å². The van der Waals surface area contributed by atoms with Crippen molar-refractivity contribution < 1.29 is 4.39 Å². The molecule has 3 rings (SSSR count). The number of anilines is 2. The fourth-order valence-electron chi connectivity index (χ4n) is 2.59. The molecular formula is C22H22ClFN2. The van der Waals surface area contributed by atoms with Gasteiger partial charge >= 0.3 is 0 Å². The van der Waals surface area contributed by atoms with Crippen LogP contribution in [-0.2, 0) is 0 Å². The van der Waals surface area contributed by atoms with Crippen molar-refractivity contribution in [1.29, 1.82) is 0 Å². The SMILES string of the molecule is C=C(c1ccccc1)c1ccccc1N.CNc1c(C)cc(F)cc1Cl. The molecule has 0 aromatic heterocycles. The molecule has 0 unspecified atom stereocenters. The molecule has 0 amide bonds. The molecule has 0 aliphatic carbocycles. The minimum Gasteiger partial charge on any atom is -0.398 e. The number of hydrogen-bond acceptors (Lipinski definition) is 2. The van der Waals surface area contributed by atoms with Crippen molar-refractivity contribution in [2.45, 2.75) is 6.92 Å². The van der Waals surface area contributed by atoms with Gasteiger partial charge in [0.2, 0.25) is 0 Å². The fourth-order valence-corrected chi connectivity index (χ4v) is 2.93. The van der Waals surface area contributed by atoms with Gasteiger partial charge in [-0.1, -0.05) is 66.7 Å². The van der Waals surface area contributed by atoms with E-state index in [-0.39, 0.29) is 5.82 Å². The van der Waals surface area contributed by atoms with E-state index in [0.717, 1.165) is 33.6 Å². The van der Waals surface area contributed by atoms with E-state index in [9.17, 15) is 4.39 Å². The predicted molar refractivity (Wildman–Crippen MR) is 111 cm³/mol. The van der Waals surface area contributed by atoms with E-state index in [1.165, 1.54) is 12.1 Å². The van der Waals surface area contributed by atoms with Gasteiger partial charge in [0, 0.05) is 18.3 Å². The lowest BCUT2D eigenvalue weighted by molar-refractivity contribution is 0.627. The smallest absolute Gasteiger partial charge is 0.125 e. The number of nitrogens with one attached hydrogen (secondary N) is 1. The Kier molecular flexibility index (Phi) is 6.81. The van der Waals surface area contributed by atoms with E-state index in [1.54, 1.807) is 14.0 Å². The van der Waals surface area contributed by atoms with Gasteiger partial charge in [0.15, 0.2) is 0 Å². The molecule has 0 saturated heterocycles. The lowest BCUT2D eigenvalue weighted by Gasteiger charge is -2.08. The summed E-state index contributed by atoms with van der Waals surface area (Å²) in [6.07, 6.45) is 0. The topological polar surface area (TPSA) is 38.0 Å². The number of benzene rings is 3. The molecule has 3 aromatic carbocycles. The van der Waals surface area contributed by atoms with Crippen LogP contribution in [0.2, 0.25) is 5.02 Å². The highest BCUT2D eigenvalue weighted by molar-refractivity contribution is 6.33. The van der Waals surface area contributed by atoms with Gasteiger partial charge in [0.05, 0.1) is 10.7 Å². The summed E-state index contributed by atoms with van der Waals surface area (Å²) >= 11 is 5.73. The van der Waals surface area contributed by atoms with Crippen LogP contribution in [0.5, 0.6) is 0 Å². The molecule has 0 saturated carbocycles. The molecule has 0 aliphatic heterocycles. The van der Waals surface area contributed by atoms with Gasteiger partial charge in [-0.05, 0) is 41.8 Å². The Morgan fingerprint density at radius 2 is 1.65 bits per heavy atom. The molecule has 2 nitrogen and oxygen atoms in total. The lowest BCUT2D eigenvalue weighted by atomic mass is 9.98. The zero-order chi connectivity index (χ0) is 19.1. The second-order valence-electron chi connectivity index (χ2n) is 5.76. The summed E-state index contributed by atoms with van der Waals surface area (Å²) < 4.78 is 12.6. The molecule has 3 aromatic rings. The number of para-hydroxylation sites is 1. The molecule has 0 aliphatic rings. The molecule has 0 atom stereocenters. The number of nitrogen functional groups attached to an aromatic ring is 1. The Balaban J connectivity index is 0.000000197. The van der Waals surface area contributed by atoms with Crippen molar-refractivity contribution in [2.75, 3.05) is 18.1 Å². The first kappa shape index (κ1) is 19.5. The summed E-state index contributed by atoms with van der Waals surface area (Å²) in [6.45, 7) is 5.88. The Labute approximate surface area is 159 Å². The van der Waals surface area contributed by atoms with Gasteiger partial charge < -0.3 is 11.1 Å². The Bertz CT molecular complexity index is 869. The highest BCUT2D eigenvalue weighted by Crippen LogP contribution is 2.26. The second-order valence-corrected chi connectivity index (χ2v) is 6.17. The van der Waals surface area contributed by atoms with Gasteiger partial charge in [-0.15, -0.1) is 0 Å². The van der Waals surface area contributed by atoms with Crippen LogP contribution in [0.1, 0.15) is 16.7 Å².